The Morgan fingerprint density at radius 2 is 2.20 bits per heavy atom. The summed E-state index contributed by atoms with van der Waals surface area (Å²) in [5.74, 6) is -2.87. The van der Waals surface area contributed by atoms with Gasteiger partial charge in [0.2, 0.25) is 5.91 Å². The largest absolute Gasteiger partial charge is 0.481 e. The van der Waals surface area contributed by atoms with Crippen LogP contribution in [0, 0.1) is 11.7 Å². The summed E-state index contributed by atoms with van der Waals surface area (Å²) in [6.07, 6.45) is -0.242. The first kappa shape index (κ1) is 14.7. The van der Waals surface area contributed by atoms with Crippen LogP contribution in [0.15, 0.2) is 18.2 Å². The van der Waals surface area contributed by atoms with E-state index >= 15 is 0 Å². The van der Waals surface area contributed by atoms with Crippen molar-refractivity contribution < 1.29 is 23.8 Å². The SMILES string of the molecule is O=C(Cc1c(F)cccc1Cl)NC1COCC1C(=O)O. The van der Waals surface area contributed by atoms with Crippen LogP contribution in [0.4, 0.5) is 4.39 Å². The normalized spacial score (nSPS) is 21.7. The van der Waals surface area contributed by atoms with Crippen LogP contribution >= 0.6 is 11.6 Å². The smallest absolute Gasteiger partial charge is 0.311 e. The van der Waals surface area contributed by atoms with Crippen molar-refractivity contribution in [3.63, 3.8) is 0 Å². The van der Waals surface area contributed by atoms with Gasteiger partial charge in [-0.1, -0.05) is 17.7 Å². The number of halogens is 2. The number of ether oxygens (including phenoxy) is 1. The lowest BCUT2D eigenvalue weighted by atomic mass is 10.0. The lowest BCUT2D eigenvalue weighted by molar-refractivity contribution is -0.142. The molecule has 1 aromatic carbocycles. The van der Waals surface area contributed by atoms with E-state index in [-0.39, 0.29) is 30.2 Å². The third kappa shape index (κ3) is 3.26. The number of rotatable bonds is 4. The molecule has 5 nitrogen and oxygen atoms in total. The van der Waals surface area contributed by atoms with Gasteiger partial charge < -0.3 is 15.2 Å². The van der Waals surface area contributed by atoms with Gasteiger partial charge in [0.15, 0.2) is 0 Å². The summed E-state index contributed by atoms with van der Waals surface area (Å²) in [6.45, 7) is 0.189. The van der Waals surface area contributed by atoms with Crippen molar-refractivity contribution in [2.24, 2.45) is 5.92 Å². The van der Waals surface area contributed by atoms with Crippen LogP contribution in [0.5, 0.6) is 0 Å². The zero-order chi connectivity index (χ0) is 14.7. The Bertz CT molecular complexity index is 517. The summed E-state index contributed by atoms with van der Waals surface area (Å²) in [5.41, 5.74) is 0.0949. The molecule has 2 unspecified atom stereocenters. The molecule has 1 aromatic rings. The van der Waals surface area contributed by atoms with E-state index in [0.717, 1.165) is 0 Å². The third-order valence-electron chi connectivity index (χ3n) is 3.14. The summed E-state index contributed by atoms with van der Waals surface area (Å²) in [4.78, 5) is 22.8. The molecule has 2 N–H and O–H groups in total. The highest BCUT2D eigenvalue weighted by Crippen LogP contribution is 2.20. The topological polar surface area (TPSA) is 75.6 Å². The van der Waals surface area contributed by atoms with Crippen LogP contribution in [-0.2, 0) is 20.7 Å². The van der Waals surface area contributed by atoms with Crippen molar-refractivity contribution in [3.05, 3.63) is 34.6 Å². The van der Waals surface area contributed by atoms with Gasteiger partial charge in [-0.2, -0.15) is 0 Å². The molecule has 1 aliphatic heterocycles. The fourth-order valence-corrected chi connectivity index (χ4v) is 2.29. The lowest BCUT2D eigenvalue weighted by Gasteiger charge is -2.16. The third-order valence-corrected chi connectivity index (χ3v) is 3.50. The average Bonchev–Trinajstić information content (AvgIpc) is 2.82. The zero-order valence-corrected chi connectivity index (χ0v) is 11.2. The van der Waals surface area contributed by atoms with Gasteiger partial charge >= 0.3 is 5.97 Å². The second-order valence-corrected chi connectivity index (χ2v) is 4.94. The van der Waals surface area contributed by atoms with Crippen molar-refractivity contribution in [2.45, 2.75) is 12.5 Å². The van der Waals surface area contributed by atoms with E-state index in [1.807, 2.05) is 0 Å². The highest BCUT2D eigenvalue weighted by Gasteiger charge is 2.35. The minimum atomic E-state index is -1.03. The molecule has 0 aromatic heterocycles. The Kier molecular flexibility index (Phi) is 4.57. The van der Waals surface area contributed by atoms with E-state index < -0.39 is 29.7 Å². The van der Waals surface area contributed by atoms with E-state index in [4.69, 9.17) is 21.4 Å². The van der Waals surface area contributed by atoms with Gasteiger partial charge in [0.1, 0.15) is 11.7 Å². The quantitative estimate of drug-likeness (QED) is 0.877. The summed E-state index contributed by atoms with van der Waals surface area (Å²) in [5, 5.41) is 11.7. The molecule has 1 aliphatic rings. The van der Waals surface area contributed by atoms with E-state index in [1.54, 1.807) is 0 Å². The van der Waals surface area contributed by atoms with Gasteiger partial charge in [0, 0.05) is 10.6 Å². The van der Waals surface area contributed by atoms with E-state index in [2.05, 4.69) is 5.32 Å². The van der Waals surface area contributed by atoms with Gasteiger partial charge in [-0.05, 0) is 12.1 Å². The molecule has 0 radical (unpaired) electrons. The van der Waals surface area contributed by atoms with Gasteiger partial charge in [-0.3, -0.25) is 9.59 Å². The van der Waals surface area contributed by atoms with Crippen LogP contribution in [0.25, 0.3) is 0 Å². The number of carbonyl (C=O) groups excluding carboxylic acids is 1. The van der Waals surface area contributed by atoms with Crippen LogP contribution in [0.3, 0.4) is 0 Å². The minimum absolute atomic E-state index is 0.0563. The monoisotopic (exact) mass is 301 g/mol. The van der Waals surface area contributed by atoms with E-state index in [1.165, 1.54) is 18.2 Å². The Labute approximate surface area is 119 Å². The van der Waals surface area contributed by atoms with Crippen molar-refractivity contribution in [1.29, 1.82) is 0 Å². The molecule has 1 fully saturated rings. The lowest BCUT2D eigenvalue weighted by Crippen LogP contribution is -2.43. The predicted molar refractivity (Wildman–Crippen MR) is 69.0 cm³/mol. The number of nitrogens with one attached hydrogen (secondary N) is 1. The second kappa shape index (κ2) is 6.19. The molecule has 108 valence electrons. The summed E-state index contributed by atoms with van der Waals surface area (Å²) >= 11 is 5.83. The maximum Gasteiger partial charge on any atom is 0.311 e. The molecule has 1 amide bonds. The summed E-state index contributed by atoms with van der Waals surface area (Å²) in [7, 11) is 0. The molecule has 0 aliphatic carbocycles. The first-order valence-electron chi connectivity index (χ1n) is 6.02. The fraction of sp³-hybridized carbons (Fsp3) is 0.385. The number of carboxylic acid groups (broad SMARTS) is 1. The molecule has 7 heteroatoms. The first-order chi connectivity index (χ1) is 9.49. The zero-order valence-electron chi connectivity index (χ0n) is 10.4. The van der Waals surface area contributed by atoms with Crippen molar-refractivity contribution >= 4 is 23.5 Å². The molecule has 1 heterocycles. The minimum Gasteiger partial charge on any atom is -0.481 e. The van der Waals surface area contributed by atoms with Crippen LogP contribution in [0.1, 0.15) is 5.56 Å². The summed E-state index contributed by atoms with van der Waals surface area (Å²) in [6, 6.07) is 3.55. The molecule has 2 rings (SSSR count). The molecule has 0 spiro atoms. The number of carbonyl (C=O) groups is 2. The summed E-state index contributed by atoms with van der Waals surface area (Å²) < 4.78 is 18.6. The highest BCUT2D eigenvalue weighted by atomic mass is 35.5. The van der Waals surface area contributed by atoms with Crippen LogP contribution in [-0.4, -0.2) is 36.2 Å². The molecule has 20 heavy (non-hydrogen) atoms. The molecule has 1 saturated heterocycles. The van der Waals surface area contributed by atoms with Gasteiger partial charge in [0.05, 0.1) is 25.7 Å². The Hall–Kier alpha value is -1.66. The maximum absolute atomic E-state index is 13.5. The highest BCUT2D eigenvalue weighted by molar-refractivity contribution is 6.31. The van der Waals surface area contributed by atoms with Crippen LogP contribution < -0.4 is 5.32 Å². The van der Waals surface area contributed by atoms with Gasteiger partial charge in [-0.25, -0.2) is 4.39 Å². The van der Waals surface area contributed by atoms with Gasteiger partial charge in [-0.15, -0.1) is 0 Å². The fourth-order valence-electron chi connectivity index (χ4n) is 2.06. The van der Waals surface area contributed by atoms with Crippen molar-refractivity contribution in [3.8, 4) is 0 Å². The van der Waals surface area contributed by atoms with Gasteiger partial charge in [0.25, 0.3) is 0 Å². The second-order valence-electron chi connectivity index (χ2n) is 4.53. The Balaban J connectivity index is 2.01. The van der Waals surface area contributed by atoms with E-state index in [0.29, 0.717) is 0 Å². The number of hydrogen-bond donors (Lipinski definition) is 2. The Morgan fingerprint density at radius 3 is 2.85 bits per heavy atom. The standard InChI is InChI=1S/C13H13ClFNO4/c14-9-2-1-3-10(15)7(9)4-12(17)16-11-6-20-5-8(11)13(18)19/h1-3,8,11H,4-6H2,(H,16,17)(H,18,19). The number of hydrogen-bond acceptors (Lipinski definition) is 3. The van der Waals surface area contributed by atoms with E-state index in [9.17, 15) is 14.0 Å². The number of amides is 1. The molecular formula is C13H13ClFNO4. The number of benzene rings is 1. The number of aliphatic carboxylic acids is 1. The van der Waals surface area contributed by atoms with Crippen molar-refractivity contribution in [1.82, 2.24) is 5.32 Å². The average molecular weight is 302 g/mol. The van der Waals surface area contributed by atoms with Crippen molar-refractivity contribution in [2.75, 3.05) is 13.2 Å². The van der Waals surface area contributed by atoms with Crippen LogP contribution in [0.2, 0.25) is 5.02 Å². The molecule has 0 bridgehead atoms. The Morgan fingerprint density at radius 1 is 1.45 bits per heavy atom. The molecule has 0 saturated carbocycles. The predicted octanol–water partition coefficient (Wildman–Crippen LogP) is 1.24. The first-order valence-corrected chi connectivity index (χ1v) is 6.39. The molecular weight excluding hydrogens is 289 g/mol. The maximum atomic E-state index is 13.5. The number of carboxylic acids is 1. The molecule has 2 atom stereocenters.